The van der Waals surface area contributed by atoms with Gasteiger partial charge in [-0.15, -0.1) is 23.0 Å². The number of ether oxygens (including phenoxy) is 2. The van der Waals surface area contributed by atoms with Crippen LogP contribution in [0.3, 0.4) is 0 Å². The molecule has 0 atom stereocenters. The van der Waals surface area contributed by atoms with Gasteiger partial charge in [0, 0.05) is 17.1 Å². The van der Waals surface area contributed by atoms with Crippen molar-refractivity contribution in [3.05, 3.63) is 162 Å². The standard InChI is InChI=1S/C37H37O2P2.C5H5.Fe/c1-8-29-19-20-34(40(30-15-11-9-12-16-30)31-17-13-10-14-18-31)37(29)41(32-21-25(2)35(38-6)26(3)22-32)33-23-27(4)36(39-7)28(5)24-33;1-2-4-5-3-1;/h8-24H,1H2,2-7H3;1-5H;/q-1;-5;. The van der Waals surface area contributed by atoms with Crippen molar-refractivity contribution in [1.82, 2.24) is 0 Å². The molecule has 47 heavy (non-hydrogen) atoms. The first-order chi connectivity index (χ1) is 22.4. The number of hydrogen-bond donors (Lipinski definition) is 0. The molecule has 0 amide bonds. The molecule has 246 valence electrons. The van der Waals surface area contributed by atoms with Crippen molar-refractivity contribution in [2.75, 3.05) is 14.2 Å². The maximum atomic E-state index is 5.78. The first-order valence-corrected chi connectivity index (χ1v) is 18.2. The minimum absolute atomic E-state index is 0. The van der Waals surface area contributed by atoms with Crippen LogP contribution in [0.15, 0.2) is 134 Å². The Labute approximate surface area is 294 Å². The Balaban J connectivity index is 0.000000762. The van der Waals surface area contributed by atoms with Crippen LogP contribution in [0.1, 0.15) is 27.8 Å². The molecule has 0 aliphatic heterocycles. The topological polar surface area (TPSA) is 18.5 Å². The van der Waals surface area contributed by atoms with E-state index in [1.165, 1.54) is 37.4 Å². The third-order valence-electron chi connectivity index (χ3n) is 8.02. The molecular formula is C42H42FeO2P2-6. The van der Waals surface area contributed by atoms with Gasteiger partial charge >= 0.3 is 0 Å². The van der Waals surface area contributed by atoms with E-state index < -0.39 is 15.8 Å². The van der Waals surface area contributed by atoms with Crippen LogP contribution in [0.2, 0.25) is 0 Å². The van der Waals surface area contributed by atoms with E-state index in [4.69, 9.17) is 9.47 Å². The molecule has 0 saturated carbocycles. The van der Waals surface area contributed by atoms with Gasteiger partial charge in [0.1, 0.15) is 11.5 Å². The van der Waals surface area contributed by atoms with E-state index in [2.05, 4.69) is 131 Å². The van der Waals surface area contributed by atoms with Crippen molar-refractivity contribution < 1.29 is 26.5 Å². The van der Waals surface area contributed by atoms with Gasteiger partial charge in [-0.25, -0.2) is 0 Å². The summed E-state index contributed by atoms with van der Waals surface area (Å²) in [6, 6.07) is 45.8. The number of hydrogen-bond acceptors (Lipinski definition) is 2. The van der Waals surface area contributed by atoms with Gasteiger partial charge in [0.2, 0.25) is 0 Å². The number of methoxy groups -OCH3 is 2. The zero-order chi connectivity index (χ0) is 32.6. The average molecular weight is 697 g/mol. The van der Waals surface area contributed by atoms with Crippen LogP contribution in [0.25, 0.3) is 6.08 Å². The van der Waals surface area contributed by atoms with Crippen LogP contribution < -0.4 is 41.3 Å². The molecule has 0 unspecified atom stereocenters. The Hall–Kier alpha value is -3.70. The van der Waals surface area contributed by atoms with Gasteiger partial charge in [-0.2, -0.15) is 12.6 Å². The summed E-state index contributed by atoms with van der Waals surface area (Å²) >= 11 is 0. The molecule has 0 aliphatic rings. The van der Waals surface area contributed by atoms with Crippen molar-refractivity contribution in [1.29, 1.82) is 0 Å². The van der Waals surface area contributed by atoms with Crippen LogP contribution in [0.4, 0.5) is 0 Å². The largest absolute Gasteiger partial charge is 0.748 e. The summed E-state index contributed by atoms with van der Waals surface area (Å²) in [7, 11) is 1.78. The van der Waals surface area contributed by atoms with E-state index in [-0.39, 0.29) is 17.1 Å². The third kappa shape index (κ3) is 8.06. The molecule has 0 heterocycles. The van der Waals surface area contributed by atoms with Crippen LogP contribution >= 0.6 is 15.8 Å². The fourth-order valence-electron chi connectivity index (χ4n) is 6.13. The molecule has 6 rings (SSSR count). The maximum Gasteiger partial charge on any atom is 0.124 e. The second kappa shape index (κ2) is 16.9. The molecule has 0 N–H and O–H groups in total. The Bertz CT molecular complexity index is 1710. The fraction of sp³-hybridized carbons (Fsp3) is 0.143. The minimum Gasteiger partial charge on any atom is -0.748 e. The summed E-state index contributed by atoms with van der Waals surface area (Å²) in [4.78, 5) is 0. The molecule has 0 aliphatic carbocycles. The van der Waals surface area contributed by atoms with E-state index in [0.29, 0.717) is 0 Å². The summed E-state index contributed by atoms with van der Waals surface area (Å²) in [6.07, 6.45) is 2.03. The molecule has 0 bridgehead atoms. The molecule has 5 heteroatoms. The van der Waals surface area contributed by atoms with E-state index >= 15 is 0 Å². The molecule has 0 saturated heterocycles. The van der Waals surface area contributed by atoms with E-state index in [9.17, 15) is 0 Å². The summed E-state index contributed by atoms with van der Waals surface area (Å²) in [5.41, 5.74) is 5.80. The smallest absolute Gasteiger partial charge is 0.124 e. The summed E-state index contributed by atoms with van der Waals surface area (Å²) in [6.45, 7) is 12.9. The minimum atomic E-state index is -0.935. The van der Waals surface area contributed by atoms with Crippen molar-refractivity contribution >= 4 is 53.7 Å². The van der Waals surface area contributed by atoms with Gasteiger partial charge in [-0.3, -0.25) is 0 Å². The molecule has 0 spiro atoms. The van der Waals surface area contributed by atoms with Crippen LogP contribution in [-0.2, 0) is 17.1 Å². The monoisotopic (exact) mass is 696 g/mol. The van der Waals surface area contributed by atoms with Gasteiger partial charge in [0.25, 0.3) is 0 Å². The number of rotatable bonds is 9. The van der Waals surface area contributed by atoms with Gasteiger partial charge in [-0.05, 0) is 103 Å². The number of benzene rings is 4. The molecule has 2 nitrogen and oxygen atoms in total. The van der Waals surface area contributed by atoms with Crippen LogP contribution in [0.5, 0.6) is 11.5 Å². The zero-order valence-corrected chi connectivity index (χ0v) is 30.9. The van der Waals surface area contributed by atoms with Gasteiger partial charge in [-0.1, -0.05) is 73.9 Å². The summed E-state index contributed by atoms with van der Waals surface area (Å²) in [5.74, 6) is 1.90. The molecule has 6 aromatic rings. The normalized spacial score (nSPS) is 10.6. The molecule has 6 aromatic carbocycles. The summed E-state index contributed by atoms with van der Waals surface area (Å²) < 4.78 is 11.6. The SMILES string of the molecule is C=C[c-]1ccc(P(c2ccccc2)c2ccccc2)c1P(c1cc(C)c(OC)c(C)c1)c1cc(C)c(OC)c(C)c1.[Fe].[cH-]1[cH-][cH-][cH-][cH-]1. The van der Waals surface area contributed by atoms with E-state index in [1.54, 1.807) is 14.2 Å². The fourth-order valence-corrected chi connectivity index (χ4v) is 11.9. The second-order valence-corrected chi connectivity index (χ2v) is 15.6. The quantitative estimate of drug-likeness (QED) is 0.0863. The van der Waals surface area contributed by atoms with Crippen LogP contribution in [-0.4, -0.2) is 14.2 Å². The molecule has 0 aromatic heterocycles. The second-order valence-electron chi connectivity index (χ2n) is 11.3. The number of aryl methyl sites for hydroxylation is 4. The van der Waals surface area contributed by atoms with Crippen LogP contribution in [0, 0.1) is 27.7 Å². The Morgan fingerprint density at radius 2 is 0.957 bits per heavy atom. The zero-order valence-electron chi connectivity index (χ0n) is 28.0. The predicted molar refractivity (Wildman–Crippen MR) is 204 cm³/mol. The van der Waals surface area contributed by atoms with Gasteiger partial charge < -0.3 is 39.8 Å². The Morgan fingerprint density at radius 1 is 0.574 bits per heavy atom. The first kappa shape index (κ1) is 36.1. The van der Waals surface area contributed by atoms with Crippen molar-refractivity contribution in [3.63, 3.8) is 0 Å². The molecule has 0 fully saturated rings. The van der Waals surface area contributed by atoms with Crippen molar-refractivity contribution in [2.24, 2.45) is 0 Å². The maximum absolute atomic E-state index is 5.78. The Kier molecular flexibility index (Phi) is 13.0. The van der Waals surface area contributed by atoms with E-state index in [1.807, 2.05) is 36.4 Å². The summed E-state index contributed by atoms with van der Waals surface area (Å²) in [5, 5.41) is 8.07. The molecular weight excluding hydrogens is 654 g/mol. The average Bonchev–Trinajstić information content (AvgIpc) is 3.77. The third-order valence-corrected chi connectivity index (χ3v) is 13.2. The molecule has 0 radical (unpaired) electrons. The van der Waals surface area contributed by atoms with Gasteiger partial charge in [0.05, 0.1) is 14.2 Å². The van der Waals surface area contributed by atoms with Crippen molar-refractivity contribution in [2.45, 2.75) is 27.7 Å². The van der Waals surface area contributed by atoms with E-state index in [0.717, 1.165) is 33.8 Å². The predicted octanol–water partition coefficient (Wildman–Crippen LogP) is 8.22. The van der Waals surface area contributed by atoms with Crippen molar-refractivity contribution in [3.8, 4) is 11.5 Å². The first-order valence-electron chi connectivity index (χ1n) is 15.5. The van der Waals surface area contributed by atoms with Gasteiger partial charge in [0.15, 0.2) is 0 Å². The Morgan fingerprint density at radius 3 is 1.30 bits per heavy atom.